The van der Waals surface area contributed by atoms with Crippen LogP contribution in [0.25, 0.3) is 0 Å². The molecule has 0 aliphatic heterocycles. The molecule has 0 saturated carbocycles. The van der Waals surface area contributed by atoms with Crippen LogP contribution >= 0.6 is 11.9 Å². The van der Waals surface area contributed by atoms with Crippen molar-refractivity contribution in [2.24, 2.45) is 5.92 Å². The van der Waals surface area contributed by atoms with Crippen LogP contribution in [-0.4, -0.2) is 58.2 Å². The van der Waals surface area contributed by atoms with Gasteiger partial charge in [-0.15, -0.1) is 0 Å². The molecule has 0 aromatic heterocycles. The highest BCUT2D eigenvalue weighted by molar-refractivity contribution is 7.96. The SMILES string of the molecule is CSNCCOCCOCCOCC(=O)C(C)C. The first-order valence-electron chi connectivity index (χ1n) is 6.20. The fourth-order valence-corrected chi connectivity index (χ4v) is 1.28. The van der Waals surface area contributed by atoms with Crippen molar-refractivity contribution in [2.75, 3.05) is 52.4 Å². The number of carbonyl (C=O) groups excluding carboxylic acids is 1. The zero-order valence-electron chi connectivity index (χ0n) is 11.6. The average Bonchev–Trinajstić information content (AvgIpc) is 2.35. The monoisotopic (exact) mass is 279 g/mol. The molecule has 0 heterocycles. The van der Waals surface area contributed by atoms with Gasteiger partial charge in [0.05, 0.1) is 33.0 Å². The molecule has 108 valence electrons. The predicted molar refractivity (Wildman–Crippen MR) is 73.8 cm³/mol. The summed E-state index contributed by atoms with van der Waals surface area (Å²) >= 11 is 1.58. The van der Waals surface area contributed by atoms with Gasteiger partial charge >= 0.3 is 0 Å². The predicted octanol–water partition coefficient (Wildman–Crippen LogP) is 1.13. The summed E-state index contributed by atoms with van der Waals surface area (Å²) in [5.41, 5.74) is 0. The highest BCUT2D eigenvalue weighted by Gasteiger charge is 2.06. The first-order chi connectivity index (χ1) is 8.68. The van der Waals surface area contributed by atoms with Crippen molar-refractivity contribution < 1.29 is 19.0 Å². The second-order valence-electron chi connectivity index (χ2n) is 4.00. The van der Waals surface area contributed by atoms with Gasteiger partial charge < -0.3 is 14.2 Å². The Labute approximate surface area is 114 Å². The molecule has 0 amide bonds. The van der Waals surface area contributed by atoms with Crippen LogP contribution in [0.5, 0.6) is 0 Å². The van der Waals surface area contributed by atoms with Gasteiger partial charge in [0.15, 0.2) is 5.78 Å². The Kier molecular flexibility index (Phi) is 13.2. The summed E-state index contributed by atoms with van der Waals surface area (Å²) in [4.78, 5) is 11.2. The summed E-state index contributed by atoms with van der Waals surface area (Å²) in [5, 5.41) is 0. The Morgan fingerprint density at radius 3 is 2.17 bits per heavy atom. The van der Waals surface area contributed by atoms with E-state index in [1.54, 1.807) is 11.9 Å². The summed E-state index contributed by atoms with van der Waals surface area (Å²) in [6, 6.07) is 0. The van der Waals surface area contributed by atoms with Crippen LogP contribution in [-0.2, 0) is 19.0 Å². The van der Waals surface area contributed by atoms with Gasteiger partial charge in [-0.2, -0.15) is 0 Å². The van der Waals surface area contributed by atoms with Gasteiger partial charge in [-0.3, -0.25) is 9.52 Å². The molecule has 0 aromatic rings. The van der Waals surface area contributed by atoms with Crippen molar-refractivity contribution in [2.45, 2.75) is 13.8 Å². The number of nitrogens with one attached hydrogen (secondary N) is 1. The highest BCUT2D eigenvalue weighted by Crippen LogP contribution is 1.94. The van der Waals surface area contributed by atoms with Gasteiger partial charge in [-0.1, -0.05) is 25.8 Å². The van der Waals surface area contributed by atoms with Gasteiger partial charge in [-0.05, 0) is 6.26 Å². The van der Waals surface area contributed by atoms with E-state index < -0.39 is 0 Å². The fourth-order valence-electron chi connectivity index (χ4n) is 0.995. The zero-order valence-corrected chi connectivity index (χ0v) is 12.4. The number of hydrogen-bond acceptors (Lipinski definition) is 6. The minimum Gasteiger partial charge on any atom is -0.378 e. The van der Waals surface area contributed by atoms with E-state index in [-0.39, 0.29) is 18.3 Å². The van der Waals surface area contributed by atoms with E-state index in [2.05, 4.69) is 4.72 Å². The lowest BCUT2D eigenvalue weighted by Gasteiger charge is -2.07. The minimum atomic E-state index is 0.0363. The van der Waals surface area contributed by atoms with E-state index >= 15 is 0 Å². The van der Waals surface area contributed by atoms with Crippen LogP contribution in [0.4, 0.5) is 0 Å². The maximum atomic E-state index is 11.2. The van der Waals surface area contributed by atoms with E-state index in [0.717, 1.165) is 6.54 Å². The Bertz CT molecular complexity index is 203. The molecule has 0 aliphatic carbocycles. The van der Waals surface area contributed by atoms with Crippen molar-refractivity contribution in [1.29, 1.82) is 0 Å². The lowest BCUT2D eigenvalue weighted by atomic mass is 10.1. The van der Waals surface area contributed by atoms with Gasteiger partial charge in [0.2, 0.25) is 0 Å². The Balaban J connectivity index is 3.05. The van der Waals surface area contributed by atoms with Gasteiger partial charge in [0.25, 0.3) is 0 Å². The number of Topliss-reactive ketones (excluding diaryl/α,β-unsaturated/α-hetero) is 1. The maximum Gasteiger partial charge on any atom is 0.160 e. The average molecular weight is 279 g/mol. The number of ketones is 1. The number of rotatable bonds is 13. The van der Waals surface area contributed by atoms with Crippen molar-refractivity contribution in [3.63, 3.8) is 0 Å². The fraction of sp³-hybridized carbons (Fsp3) is 0.917. The quantitative estimate of drug-likeness (QED) is 0.403. The van der Waals surface area contributed by atoms with Crippen LogP contribution in [0.3, 0.4) is 0 Å². The van der Waals surface area contributed by atoms with Crippen molar-refractivity contribution >= 4 is 17.7 Å². The summed E-state index contributed by atoms with van der Waals surface area (Å²) in [5.74, 6) is 0.161. The zero-order chi connectivity index (χ0) is 13.6. The molecule has 0 rings (SSSR count). The van der Waals surface area contributed by atoms with Crippen molar-refractivity contribution in [1.82, 2.24) is 4.72 Å². The standard InChI is InChI=1S/C12H25NO4S/c1-11(2)12(14)10-17-9-8-16-7-6-15-5-4-13-18-3/h11,13H,4-10H2,1-3H3. The van der Waals surface area contributed by atoms with Crippen LogP contribution in [0, 0.1) is 5.92 Å². The van der Waals surface area contributed by atoms with Gasteiger partial charge in [-0.25, -0.2) is 0 Å². The molecule has 5 nitrogen and oxygen atoms in total. The van der Waals surface area contributed by atoms with Crippen LogP contribution in [0.2, 0.25) is 0 Å². The molecule has 0 atom stereocenters. The molecule has 0 aromatic carbocycles. The summed E-state index contributed by atoms with van der Waals surface area (Å²) in [7, 11) is 0. The molecule has 0 aliphatic rings. The molecule has 0 spiro atoms. The van der Waals surface area contributed by atoms with Crippen molar-refractivity contribution in [3.8, 4) is 0 Å². The molecule has 0 bridgehead atoms. The Morgan fingerprint density at radius 1 is 1.06 bits per heavy atom. The number of carbonyl (C=O) groups is 1. The maximum absolute atomic E-state index is 11.2. The molecule has 18 heavy (non-hydrogen) atoms. The summed E-state index contributed by atoms with van der Waals surface area (Å²) in [6.07, 6.45) is 1.98. The van der Waals surface area contributed by atoms with E-state index in [1.165, 1.54) is 0 Å². The van der Waals surface area contributed by atoms with Gasteiger partial charge in [0.1, 0.15) is 6.61 Å². The molecule has 0 radical (unpaired) electrons. The molecule has 0 saturated heterocycles. The largest absolute Gasteiger partial charge is 0.378 e. The first-order valence-corrected chi connectivity index (χ1v) is 7.42. The van der Waals surface area contributed by atoms with E-state index in [0.29, 0.717) is 33.0 Å². The van der Waals surface area contributed by atoms with Crippen LogP contribution in [0.15, 0.2) is 0 Å². The molecule has 6 heteroatoms. The van der Waals surface area contributed by atoms with Crippen LogP contribution in [0.1, 0.15) is 13.8 Å². The Hall–Kier alpha value is -0.140. The smallest absolute Gasteiger partial charge is 0.160 e. The molecule has 0 fully saturated rings. The van der Waals surface area contributed by atoms with E-state index in [1.807, 2.05) is 20.1 Å². The van der Waals surface area contributed by atoms with E-state index in [4.69, 9.17) is 14.2 Å². The third-order valence-corrected chi connectivity index (χ3v) is 2.62. The minimum absolute atomic E-state index is 0.0363. The highest BCUT2D eigenvalue weighted by atomic mass is 32.2. The summed E-state index contributed by atoms with van der Waals surface area (Å²) < 4.78 is 18.9. The Morgan fingerprint density at radius 2 is 1.61 bits per heavy atom. The number of ether oxygens (including phenoxy) is 3. The third-order valence-electron chi connectivity index (χ3n) is 2.13. The molecule has 0 unspecified atom stereocenters. The second-order valence-corrected chi connectivity index (χ2v) is 4.69. The molecular weight excluding hydrogens is 254 g/mol. The normalized spacial score (nSPS) is 11.1. The second kappa shape index (κ2) is 13.3. The summed E-state index contributed by atoms with van der Waals surface area (Å²) in [6.45, 7) is 7.52. The van der Waals surface area contributed by atoms with Crippen LogP contribution < -0.4 is 4.72 Å². The lowest BCUT2D eigenvalue weighted by Crippen LogP contribution is -2.18. The third kappa shape index (κ3) is 12.3. The molecule has 1 N–H and O–H groups in total. The number of hydrogen-bond donors (Lipinski definition) is 1. The topological polar surface area (TPSA) is 56.8 Å². The van der Waals surface area contributed by atoms with E-state index in [9.17, 15) is 4.79 Å². The lowest BCUT2D eigenvalue weighted by molar-refractivity contribution is -0.127. The van der Waals surface area contributed by atoms with Gasteiger partial charge in [0, 0.05) is 12.5 Å². The molecular formula is C12H25NO4S. The first kappa shape index (κ1) is 17.9. The van der Waals surface area contributed by atoms with Crippen molar-refractivity contribution in [3.05, 3.63) is 0 Å².